The highest BCUT2D eigenvalue weighted by Crippen LogP contribution is 2.61. The molecule has 5 aliphatic rings. The van der Waals surface area contributed by atoms with Crippen LogP contribution in [-0.2, 0) is 29.1 Å². The van der Waals surface area contributed by atoms with Crippen LogP contribution in [0.15, 0.2) is 0 Å². The maximum atomic E-state index is 13.2. The minimum Gasteiger partial charge on any atom is -0.456 e. The first-order chi connectivity index (χ1) is 11.6. The van der Waals surface area contributed by atoms with Gasteiger partial charge in [0.05, 0.1) is 6.61 Å². The van der Waals surface area contributed by atoms with E-state index in [1.165, 1.54) is 6.42 Å². The number of rotatable bonds is 4. The van der Waals surface area contributed by atoms with Crippen molar-refractivity contribution in [1.29, 1.82) is 0 Å². The fourth-order valence-electron chi connectivity index (χ4n) is 5.20. The fourth-order valence-corrected chi connectivity index (χ4v) is 5.41. The van der Waals surface area contributed by atoms with Gasteiger partial charge in [0, 0.05) is 11.8 Å². The Hall–Kier alpha value is -0.840. The van der Waals surface area contributed by atoms with Gasteiger partial charge in [-0.25, -0.2) is 4.79 Å². The summed E-state index contributed by atoms with van der Waals surface area (Å²) in [5, 5.41) is -4.55. The highest BCUT2D eigenvalue weighted by atomic mass is 32.2. The first kappa shape index (κ1) is 17.6. The van der Waals surface area contributed by atoms with Crippen LogP contribution >= 0.6 is 0 Å². The number of ether oxygens (including phenoxy) is 3. The Kier molecular flexibility index (Phi) is 3.92. The number of halogens is 2. The largest absolute Gasteiger partial charge is 0.456 e. The molecule has 1 spiro atoms. The zero-order valence-electron chi connectivity index (χ0n) is 13.4. The lowest BCUT2D eigenvalue weighted by Gasteiger charge is -2.58. The van der Waals surface area contributed by atoms with Gasteiger partial charge in [-0.1, -0.05) is 0 Å². The Morgan fingerprint density at radius 2 is 1.72 bits per heavy atom. The molecule has 5 rings (SSSR count). The summed E-state index contributed by atoms with van der Waals surface area (Å²) >= 11 is 0. The molecule has 0 aromatic carbocycles. The monoisotopic (exact) mass is 382 g/mol. The molecule has 1 aliphatic heterocycles. The van der Waals surface area contributed by atoms with Crippen molar-refractivity contribution >= 4 is 16.1 Å². The third kappa shape index (κ3) is 2.77. The van der Waals surface area contributed by atoms with Crippen LogP contribution in [0.4, 0.5) is 8.78 Å². The van der Waals surface area contributed by atoms with Gasteiger partial charge in [0.1, 0.15) is 0 Å². The van der Waals surface area contributed by atoms with Gasteiger partial charge in [-0.3, -0.25) is 4.55 Å². The zero-order valence-corrected chi connectivity index (χ0v) is 14.2. The van der Waals surface area contributed by atoms with Crippen molar-refractivity contribution in [2.75, 3.05) is 13.2 Å². The van der Waals surface area contributed by atoms with Crippen molar-refractivity contribution in [2.24, 2.45) is 23.7 Å². The molecule has 0 radical (unpaired) electrons. The molecule has 0 aromatic heterocycles. The molecular weight excluding hydrogens is 362 g/mol. The molecular formula is C15H20F2O7S. The highest BCUT2D eigenvalue weighted by Gasteiger charge is 2.63. The molecule has 1 atom stereocenters. The minimum atomic E-state index is -5.64. The van der Waals surface area contributed by atoms with Gasteiger partial charge in [0.2, 0.25) is 0 Å². The van der Waals surface area contributed by atoms with E-state index in [2.05, 4.69) is 4.74 Å². The smallest absolute Gasteiger partial charge is 0.402 e. The van der Waals surface area contributed by atoms with E-state index in [0.29, 0.717) is 11.8 Å². The third-order valence-electron chi connectivity index (χ3n) is 6.09. The van der Waals surface area contributed by atoms with E-state index in [9.17, 15) is 22.0 Å². The van der Waals surface area contributed by atoms with Gasteiger partial charge < -0.3 is 14.2 Å². The van der Waals surface area contributed by atoms with E-state index >= 15 is 0 Å². The van der Waals surface area contributed by atoms with Crippen LogP contribution in [0, 0.1) is 23.7 Å². The predicted octanol–water partition coefficient (Wildman–Crippen LogP) is 1.58. The quantitative estimate of drug-likeness (QED) is 0.582. The first-order valence-corrected chi connectivity index (χ1v) is 9.88. The Labute approximate surface area is 143 Å². The van der Waals surface area contributed by atoms with Gasteiger partial charge in [0.25, 0.3) is 0 Å². The lowest BCUT2D eigenvalue weighted by molar-refractivity contribution is -0.293. The number of carbonyl (C=O) groups excluding carboxylic acids is 1. The summed E-state index contributed by atoms with van der Waals surface area (Å²) in [7, 11) is -5.64. The number of esters is 1. The highest BCUT2D eigenvalue weighted by molar-refractivity contribution is 7.86. The summed E-state index contributed by atoms with van der Waals surface area (Å²) < 4.78 is 72.0. The van der Waals surface area contributed by atoms with Crippen molar-refractivity contribution < 1.29 is 40.8 Å². The van der Waals surface area contributed by atoms with Crippen molar-refractivity contribution in [3.63, 3.8) is 0 Å². The average Bonchev–Trinajstić information content (AvgIpc) is 2.95. The molecule has 142 valence electrons. The van der Waals surface area contributed by atoms with Gasteiger partial charge in [0.15, 0.2) is 18.5 Å². The van der Waals surface area contributed by atoms with Crippen molar-refractivity contribution in [3.8, 4) is 0 Å². The van der Waals surface area contributed by atoms with E-state index in [-0.39, 0.29) is 18.4 Å². The number of carbonyl (C=O) groups is 1. The van der Waals surface area contributed by atoms with Gasteiger partial charge in [-0.2, -0.15) is 17.2 Å². The molecule has 7 nitrogen and oxygen atoms in total. The maximum Gasteiger partial charge on any atom is 0.402 e. The zero-order chi connectivity index (χ0) is 18.0. The van der Waals surface area contributed by atoms with E-state index in [1.54, 1.807) is 0 Å². The fraction of sp³-hybridized carbons (Fsp3) is 0.933. The second kappa shape index (κ2) is 5.58. The van der Waals surface area contributed by atoms with Crippen molar-refractivity contribution in [1.82, 2.24) is 0 Å². The molecule has 1 heterocycles. The van der Waals surface area contributed by atoms with Gasteiger partial charge >= 0.3 is 21.3 Å². The van der Waals surface area contributed by atoms with Crippen LogP contribution in [0.2, 0.25) is 0 Å². The van der Waals surface area contributed by atoms with E-state index in [1.807, 2.05) is 0 Å². The summed E-state index contributed by atoms with van der Waals surface area (Å²) in [4.78, 5) is 12.0. The molecule has 25 heavy (non-hydrogen) atoms. The lowest BCUT2D eigenvalue weighted by atomic mass is 9.53. The maximum absolute atomic E-state index is 13.2. The molecule has 4 bridgehead atoms. The molecule has 1 saturated heterocycles. The van der Waals surface area contributed by atoms with Crippen LogP contribution in [0.3, 0.4) is 0 Å². The molecule has 0 amide bonds. The Bertz CT molecular complexity index is 649. The molecule has 0 aromatic rings. The summed E-state index contributed by atoms with van der Waals surface area (Å²) in [6.45, 7) is -1.85. The van der Waals surface area contributed by atoms with E-state index < -0.39 is 39.8 Å². The Morgan fingerprint density at radius 3 is 2.24 bits per heavy atom. The van der Waals surface area contributed by atoms with E-state index in [4.69, 9.17) is 14.0 Å². The summed E-state index contributed by atoms with van der Waals surface area (Å²) in [5.74, 6) is -0.224. The molecule has 10 heteroatoms. The second-order valence-corrected chi connectivity index (χ2v) is 9.21. The predicted molar refractivity (Wildman–Crippen MR) is 78.1 cm³/mol. The van der Waals surface area contributed by atoms with Crippen LogP contribution < -0.4 is 0 Å². The molecule has 4 aliphatic carbocycles. The summed E-state index contributed by atoms with van der Waals surface area (Å²) in [6, 6.07) is 0. The molecule has 1 unspecified atom stereocenters. The Balaban J connectivity index is 1.40. The van der Waals surface area contributed by atoms with Crippen LogP contribution in [-0.4, -0.2) is 49.3 Å². The number of hydrogen-bond donors (Lipinski definition) is 1. The lowest BCUT2D eigenvalue weighted by Crippen LogP contribution is -2.58. The van der Waals surface area contributed by atoms with Crippen LogP contribution in [0.5, 0.6) is 0 Å². The van der Waals surface area contributed by atoms with Gasteiger partial charge in [-0.05, 0) is 43.9 Å². The first-order valence-electron chi connectivity index (χ1n) is 8.44. The molecule has 5 fully saturated rings. The topological polar surface area (TPSA) is 99.1 Å². The number of hydrogen-bond acceptors (Lipinski definition) is 6. The SMILES string of the molecule is O=C(OCC(F)(F)S(=O)(=O)O)C1COC2(O1)C1CC3CC(C1)CC2C3. The van der Waals surface area contributed by atoms with Crippen molar-refractivity contribution in [3.05, 3.63) is 0 Å². The second-order valence-electron chi connectivity index (χ2n) is 7.66. The normalized spacial score (nSPS) is 42.9. The molecule has 1 N–H and O–H groups in total. The Morgan fingerprint density at radius 1 is 1.16 bits per heavy atom. The van der Waals surface area contributed by atoms with Gasteiger partial charge in [-0.15, -0.1) is 0 Å². The van der Waals surface area contributed by atoms with E-state index in [0.717, 1.165) is 25.7 Å². The standard InChI is InChI=1S/C15H20F2O7S/c16-14(17,25(19,20)21)7-22-13(18)12-6-23-15(24-12)10-2-8-1-9(4-10)5-11(15)3-8/h8-12H,1-7H2,(H,19,20,21). The molecule has 4 saturated carbocycles. The van der Waals surface area contributed by atoms with Crippen LogP contribution in [0.25, 0.3) is 0 Å². The summed E-state index contributed by atoms with van der Waals surface area (Å²) in [5.41, 5.74) is 0. The third-order valence-corrected chi connectivity index (χ3v) is 6.96. The number of alkyl halides is 2. The van der Waals surface area contributed by atoms with Crippen LogP contribution in [0.1, 0.15) is 32.1 Å². The average molecular weight is 382 g/mol. The summed E-state index contributed by atoms with van der Waals surface area (Å²) in [6.07, 6.45) is 4.00. The van der Waals surface area contributed by atoms with Crippen molar-refractivity contribution in [2.45, 2.75) is 49.2 Å². The minimum absolute atomic E-state index is 0.0986.